The molecule has 1 aromatic carbocycles. The van der Waals surface area contributed by atoms with Gasteiger partial charge < -0.3 is 19.8 Å². The molecule has 0 radical (unpaired) electrons. The molecule has 7 heteroatoms. The highest BCUT2D eigenvalue weighted by Gasteiger charge is 2.09. The van der Waals surface area contributed by atoms with Crippen LogP contribution in [-0.2, 0) is 9.53 Å². The highest BCUT2D eigenvalue weighted by molar-refractivity contribution is 5.93. The van der Waals surface area contributed by atoms with Crippen molar-refractivity contribution in [3.63, 3.8) is 0 Å². The van der Waals surface area contributed by atoms with Crippen molar-refractivity contribution in [3.05, 3.63) is 58.0 Å². The average molecular weight is 316 g/mol. The molecule has 0 saturated carbocycles. The van der Waals surface area contributed by atoms with Crippen molar-refractivity contribution in [2.45, 2.75) is 6.92 Å². The number of benzene rings is 1. The largest absolute Gasteiger partial charge is 0.478 e. The minimum atomic E-state index is -0.454. The van der Waals surface area contributed by atoms with Crippen LogP contribution < -0.4 is 15.5 Å². The number of H-pyrrole nitrogens is 1. The zero-order valence-corrected chi connectivity index (χ0v) is 12.7. The molecule has 0 aliphatic carbocycles. The maximum Gasteiger partial charge on any atom is 0.337 e. The van der Waals surface area contributed by atoms with Gasteiger partial charge in [-0.3, -0.25) is 9.59 Å². The predicted molar refractivity (Wildman–Crippen MR) is 83.7 cm³/mol. The number of anilines is 1. The molecule has 1 aromatic heterocycles. The van der Waals surface area contributed by atoms with E-state index in [1.807, 2.05) is 0 Å². The number of pyridine rings is 1. The van der Waals surface area contributed by atoms with Crippen molar-refractivity contribution in [1.29, 1.82) is 0 Å². The van der Waals surface area contributed by atoms with E-state index in [0.29, 0.717) is 16.9 Å². The molecular weight excluding hydrogens is 300 g/mol. The molecular formula is C16H16N2O5. The van der Waals surface area contributed by atoms with Gasteiger partial charge in [-0.1, -0.05) is 0 Å². The van der Waals surface area contributed by atoms with E-state index in [9.17, 15) is 14.4 Å². The van der Waals surface area contributed by atoms with Gasteiger partial charge in [0.05, 0.1) is 18.4 Å². The first-order chi connectivity index (χ1) is 11.0. The molecule has 23 heavy (non-hydrogen) atoms. The molecule has 0 fully saturated rings. The lowest BCUT2D eigenvalue weighted by atomic mass is 10.2. The molecule has 2 rings (SSSR count). The Bertz CT molecular complexity index is 765. The van der Waals surface area contributed by atoms with Crippen LogP contribution in [-0.4, -0.2) is 30.6 Å². The number of nitrogens with one attached hydrogen (secondary N) is 2. The van der Waals surface area contributed by atoms with E-state index in [4.69, 9.17) is 4.74 Å². The SMILES string of the molecule is COC(=O)c1ccc(NC(=O)COc2c(C)[nH]ccc2=O)cc1. The fraction of sp³-hybridized carbons (Fsp3) is 0.188. The number of carbonyl (C=O) groups excluding carboxylic acids is 2. The van der Waals surface area contributed by atoms with E-state index in [0.717, 1.165) is 0 Å². The standard InChI is InChI=1S/C16H16N2O5/c1-10-15(13(19)7-8-17-10)23-9-14(20)18-12-5-3-11(4-6-12)16(21)22-2/h3-8H,9H2,1-2H3,(H,17,19)(H,18,20). The van der Waals surface area contributed by atoms with E-state index in [-0.39, 0.29) is 17.8 Å². The molecule has 0 aliphatic rings. The quantitative estimate of drug-likeness (QED) is 0.814. The van der Waals surface area contributed by atoms with Gasteiger partial charge in [0.1, 0.15) is 0 Å². The topological polar surface area (TPSA) is 97.5 Å². The number of aromatic amines is 1. The first kappa shape index (κ1) is 16.3. The lowest BCUT2D eigenvalue weighted by Gasteiger charge is -2.09. The Hall–Kier alpha value is -3.09. The number of methoxy groups -OCH3 is 1. The van der Waals surface area contributed by atoms with Crippen molar-refractivity contribution in [2.75, 3.05) is 19.0 Å². The summed E-state index contributed by atoms with van der Waals surface area (Å²) in [6.45, 7) is 1.38. The molecule has 0 saturated heterocycles. The Morgan fingerprint density at radius 2 is 1.87 bits per heavy atom. The van der Waals surface area contributed by atoms with E-state index in [2.05, 4.69) is 15.0 Å². The van der Waals surface area contributed by atoms with Crippen molar-refractivity contribution in [3.8, 4) is 5.75 Å². The monoisotopic (exact) mass is 316 g/mol. The van der Waals surface area contributed by atoms with Gasteiger partial charge >= 0.3 is 5.97 Å². The second kappa shape index (κ2) is 7.26. The highest BCUT2D eigenvalue weighted by atomic mass is 16.5. The first-order valence-corrected chi connectivity index (χ1v) is 6.80. The van der Waals surface area contributed by atoms with Gasteiger partial charge in [-0.15, -0.1) is 0 Å². The van der Waals surface area contributed by atoms with Gasteiger partial charge in [0.15, 0.2) is 12.4 Å². The highest BCUT2D eigenvalue weighted by Crippen LogP contribution is 2.11. The van der Waals surface area contributed by atoms with Crippen molar-refractivity contribution >= 4 is 17.6 Å². The molecule has 2 N–H and O–H groups in total. The molecule has 2 aromatic rings. The molecule has 0 bridgehead atoms. The second-order valence-corrected chi connectivity index (χ2v) is 4.70. The number of amides is 1. The van der Waals surface area contributed by atoms with Gasteiger partial charge in [0, 0.05) is 18.0 Å². The fourth-order valence-corrected chi connectivity index (χ4v) is 1.89. The van der Waals surface area contributed by atoms with Gasteiger partial charge in [-0.2, -0.15) is 0 Å². The summed E-state index contributed by atoms with van der Waals surface area (Å²) in [5.74, 6) is -0.757. The molecule has 120 valence electrons. The Kier molecular flexibility index (Phi) is 5.14. The average Bonchev–Trinajstić information content (AvgIpc) is 2.54. The lowest BCUT2D eigenvalue weighted by molar-refractivity contribution is -0.118. The molecule has 0 aliphatic heterocycles. The number of hydrogen-bond donors (Lipinski definition) is 2. The Morgan fingerprint density at radius 3 is 2.48 bits per heavy atom. The molecule has 0 unspecified atom stereocenters. The van der Waals surface area contributed by atoms with Crippen LogP contribution in [0.1, 0.15) is 16.1 Å². The minimum absolute atomic E-state index is 0.115. The first-order valence-electron chi connectivity index (χ1n) is 6.80. The van der Waals surface area contributed by atoms with Crippen molar-refractivity contribution < 1.29 is 19.1 Å². The predicted octanol–water partition coefficient (Wildman–Crippen LogP) is 1.49. The van der Waals surface area contributed by atoms with E-state index < -0.39 is 11.9 Å². The van der Waals surface area contributed by atoms with Gasteiger partial charge in [0.25, 0.3) is 5.91 Å². The van der Waals surface area contributed by atoms with Gasteiger partial charge in [0.2, 0.25) is 5.43 Å². The van der Waals surface area contributed by atoms with Crippen LogP contribution in [0.4, 0.5) is 5.69 Å². The van der Waals surface area contributed by atoms with Crippen LogP contribution in [0.15, 0.2) is 41.3 Å². The summed E-state index contributed by atoms with van der Waals surface area (Å²) >= 11 is 0. The maximum atomic E-state index is 11.8. The van der Waals surface area contributed by atoms with Crippen LogP contribution in [0.5, 0.6) is 5.75 Å². The van der Waals surface area contributed by atoms with Crippen LogP contribution in [0.2, 0.25) is 0 Å². The number of rotatable bonds is 5. The van der Waals surface area contributed by atoms with Crippen molar-refractivity contribution in [1.82, 2.24) is 4.98 Å². The summed E-state index contributed by atoms with van der Waals surface area (Å²) in [6, 6.07) is 7.55. The van der Waals surface area contributed by atoms with Gasteiger partial charge in [-0.05, 0) is 31.2 Å². The molecule has 0 spiro atoms. The summed E-state index contributed by atoms with van der Waals surface area (Å²) in [5.41, 5.74) is 1.14. The van der Waals surface area contributed by atoms with Crippen LogP contribution in [0, 0.1) is 6.92 Å². The number of hydrogen-bond acceptors (Lipinski definition) is 5. The zero-order chi connectivity index (χ0) is 16.8. The number of ether oxygens (including phenoxy) is 2. The summed E-state index contributed by atoms with van der Waals surface area (Å²) in [6.07, 6.45) is 1.51. The van der Waals surface area contributed by atoms with E-state index in [1.54, 1.807) is 19.1 Å². The molecule has 1 amide bonds. The van der Waals surface area contributed by atoms with Gasteiger partial charge in [-0.25, -0.2) is 4.79 Å². The summed E-state index contributed by atoms with van der Waals surface area (Å²) in [5, 5.41) is 2.61. The Morgan fingerprint density at radius 1 is 1.17 bits per heavy atom. The van der Waals surface area contributed by atoms with Crippen LogP contribution in [0.3, 0.4) is 0 Å². The lowest BCUT2D eigenvalue weighted by Crippen LogP contribution is -2.22. The smallest absolute Gasteiger partial charge is 0.337 e. The number of carbonyl (C=O) groups is 2. The molecule has 1 heterocycles. The summed E-state index contributed by atoms with van der Waals surface area (Å²) < 4.78 is 9.84. The Balaban J connectivity index is 1.95. The fourth-order valence-electron chi connectivity index (χ4n) is 1.89. The maximum absolute atomic E-state index is 11.8. The third kappa shape index (κ3) is 4.19. The summed E-state index contributed by atoms with van der Waals surface area (Å²) in [4.78, 5) is 37.6. The van der Waals surface area contributed by atoms with Crippen LogP contribution in [0.25, 0.3) is 0 Å². The van der Waals surface area contributed by atoms with Crippen molar-refractivity contribution in [2.24, 2.45) is 0 Å². The number of aromatic nitrogens is 1. The van der Waals surface area contributed by atoms with Crippen LogP contribution >= 0.6 is 0 Å². The Labute approximate surface area is 132 Å². The summed E-state index contributed by atoms with van der Waals surface area (Å²) in [7, 11) is 1.29. The minimum Gasteiger partial charge on any atom is -0.478 e. The zero-order valence-electron chi connectivity index (χ0n) is 12.7. The van der Waals surface area contributed by atoms with E-state index in [1.165, 1.54) is 31.5 Å². The normalized spacial score (nSPS) is 10.0. The van der Waals surface area contributed by atoms with E-state index >= 15 is 0 Å². The molecule has 0 atom stereocenters. The second-order valence-electron chi connectivity index (χ2n) is 4.70. The third-order valence-electron chi connectivity index (χ3n) is 3.04. The number of aryl methyl sites for hydroxylation is 1. The third-order valence-corrected chi connectivity index (χ3v) is 3.04. The number of esters is 1. The molecule has 7 nitrogen and oxygen atoms in total.